The van der Waals surface area contributed by atoms with Crippen molar-refractivity contribution in [3.05, 3.63) is 28.8 Å². The maximum absolute atomic E-state index is 11.7. The summed E-state index contributed by atoms with van der Waals surface area (Å²) in [7, 11) is 0. The number of halogens is 1. The van der Waals surface area contributed by atoms with E-state index in [-0.39, 0.29) is 0 Å². The Hall–Kier alpha value is -1.22. The van der Waals surface area contributed by atoms with Crippen LogP contribution in [0.3, 0.4) is 0 Å². The van der Waals surface area contributed by atoms with Crippen molar-refractivity contribution in [1.82, 2.24) is 0 Å². The molecule has 0 bridgehead atoms. The molecular formula is C18H26ClO3-. The van der Waals surface area contributed by atoms with Gasteiger partial charge >= 0.3 is 0 Å². The van der Waals surface area contributed by atoms with E-state index >= 15 is 0 Å². The van der Waals surface area contributed by atoms with Gasteiger partial charge in [0.25, 0.3) is 0 Å². The minimum absolute atomic E-state index is 0.315. The summed E-state index contributed by atoms with van der Waals surface area (Å²) in [6.45, 7) is 7.68. The second kappa shape index (κ2) is 8.42. The van der Waals surface area contributed by atoms with E-state index in [1.54, 1.807) is 25.1 Å². The first-order valence-electron chi connectivity index (χ1n) is 7.99. The molecule has 2 atom stereocenters. The number of hydrogen-bond donors (Lipinski definition) is 0. The van der Waals surface area contributed by atoms with E-state index in [2.05, 4.69) is 13.8 Å². The number of aryl methyl sites for hydroxylation is 1. The molecule has 0 radical (unpaired) electrons. The molecule has 0 saturated heterocycles. The highest BCUT2D eigenvalue weighted by Crippen LogP contribution is 2.31. The summed E-state index contributed by atoms with van der Waals surface area (Å²) in [6.07, 6.45) is 4.61. The lowest BCUT2D eigenvalue weighted by atomic mass is 9.86. The predicted molar refractivity (Wildman–Crippen MR) is 88.2 cm³/mol. The van der Waals surface area contributed by atoms with Crippen LogP contribution in [0.25, 0.3) is 0 Å². The van der Waals surface area contributed by atoms with E-state index in [9.17, 15) is 9.90 Å². The third-order valence-electron chi connectivity index (χ3n) is 4.13. The molecule has 22 heavy (non-hydrogen) atoms. The van der Waals surface area contributed by atoms with E-state index in [1.165, 1.54) is 0 Å². The molecule has 0 aliphatic carbocycles. The fraction of sp³-hybridized carbons (Fsp3) is 0.611. The lowest BCUT2D eigenvalue weighted by Crippen LogP contribution is -2.51. The summed E-state index contributed by atoms with van der Waals surface area (Å²) in [5.41, 5.74) is -0.505. The first kappa shape index (κ1) is 18.8. The van der Waals surface area contributed by atoms with Gasteiger partial charge in [0.2, 0.25) is 0 Å². The number of ether oxygens (including phenoxy) is 1. The zero-order chi connectivity index (χ0) is 16.8. The Balaban J connectivity index is 2.92. The highest BCUT2D eigenvalue weighted by Gasteiger charge is 2.31. The van der Waals surface area contributed by atoms with Gasteiger partial charge in [0.05, 0.1) is 5.97 Å². The predicted octanol–water partition coefficient (Wildman–Crippen LogP) is 4.14. The van der Waals surface area contributed by atoms with Crippen LogP contribution in [0.4, 0.5) is 0 Å². The number of hydrogen-bond acceptors (Lipinski definition) is 3. The van der Waals surface area contributed by atoms with Crippen molar-refractivity contribution in [2.45, 2.75) is 65.4 Å². The molecule has 4 heteroatoms. The van der Waals surface area contributed by atoms with Gasteiger partial charge in [0.1, 0.15) is 11.4 Å². The third-order valence-corrected chi connectivity index (χ3v) is 4.36. The van der Waals surface area contributed by atoms with Gasteiger partial charge in [-0.3, -0.25) is 0 Å². The SMILES string of the molecule is CCCCC(CC)CC(C)(Oc1ccc(Cl)cc1C)C(=O)[O-]. The Bertz CT molecular complexity index is 501. The lowest BCUT2D eigenvalue weighted by molar-refractivity contribution is -0.322. The average Bonchev–Trinajstić information content (AvgIpc) is 2.46. The molecule has 3 nitrogen and oxygen atoms in total. The molecule has 0 aromatic heterocycles. The summed E-state index contributed by atoms with van der Waals surface area (Å²) < 4.78 is 5.84. The van der Waals surface area contributed by atoms with E-state index in [1.807, 2.05) is 6.92 Å². The fourth-order valence-corrected chi connectivity index (χ4v) is 2.86. The monoisotopic (exact) mass is 325 g/mol. The quantitative estimate of drug-likeness (QED) is 0.685. The van der Waals surface area contributed by atoms with Gasteiger partial charge in [0, 0.05) is 5.02 Å². The minimum Gasteiger partial charge on any atom is -0.546 e. The Morgan fingerprint density at radius 1 is 1.41 bits per heavy atom. The molecule has 0 spiro atoms. The number of aliphatic carboxylic acids is 1. The molecule has 0 amide bonds. The van der Waals surface area contributed by atoms with E-state index in [0.717, 1.165) is 31.2 Å². The van der Waals surface area contributed by atoms with Crippen LogP contribution in [-0.2, 0) is 4.79 Å². The van der Waals surface area contributed by atoms with Crippen LogP contribution in [-0.4, -0.2) is 11.6 Å². The molecule has 0 saturated carbocycles. The maximum atomic E-state index is 11.7. The average molecular weight is 326 g/mol. The smallest absolute Gasteiger partial charge is 0.146 e. The van der Waals surface area contributed by atoms with Gasteiger partial charge in [-0.05, 0) is 49.9 Å². The standard InChI is InChI=1S/C18H27ClO3/c1-5-7-8-14(6-2)12-18(4,17(20)21)22-16-10-9-15(19)11-13(16)3/h9-11,14H,5-8,12H2,1-4H3,(H,20,21)/p-1. The van der Waals surface area contributed by atoms with Crippen LogP contribution in [0.5, 0.6) is 5.75 Å². The molecule has 124 valence electrons. The van der Waals surface area contributed by atoms with Crippen molar-refractivity contribution in [3.8, 4) is 5.75 Å². The van der Waals surface area contributed by atoms with E-state index in [0.29, 0.717) is 23.1 Å². The van der Waals surface area contributed by atoms with Crippen LogP contribution in [0, 0.1) is 12.8 Å². The molecule has 0 heterocycles. The number of benzene rings is 1. The highest BCUT2D eigenvalue weighted by atomic mass is 35.5. The second-order valence-corrected chi connectivity index (χ2v) is 6.59. The first-order chi connectivity index (χ1) is 10.3. The zero-order valence-electron chi connectivity index (χ0n) is 13.9. The van der Waals surface area contributed by atoms with Crippen molar-refractivity contribution in [1.29, 1.82) is 0 Å². The molecular weight excluding hydrogens is 300 g/mol. The molecule has 1 rings (SSSR count). The van der Waals surface area contributed by atoms with Gasteiger partial charge in [-0.15, -0.1) is 0 Å². The summed E-state index contributed by atoms with van der Waals surface area (Å²) in [5.74, 6) is -0.311. The molecule has 0 fully saturated rings. The third kappa shape index (κ3) is 5.20. The van der Waals surface area contributed by atoms with Gasteiger partial charge in [-0.1, -0.05) is 51.1 Å². The molecule has 1 aromatic rings. The Morgan fingerprint density at radius 2 is 2.09 bits per heavy atom. The van der Waals surface area contributed by atoms with Gasteiger partial charge in [0.15, 0.2) is 0 Å². The van der Waals surface area contributed by atoms with E-state index in [4.69, 9.17) is 16.3 Å². The van der Waals surface area contributed by atoms with Crippen molar-refractivity contribution in [2.75, 3.05) is 0 Å². The molecule has 0 aliphatic rings. The number of carboxylic acids is 1. The van der Waals surface area contributed by atoms with Crippen molar-refractivity contribution < 1.29 is 14.6 Å². The highest BCUT2D eigenvalue weighted by molar-refractivity contribution is 6.30. The van der Waals surface area contributed by atoms with Gasteiger partial charge in [-0.25, -0.2) is 0 Å². The molecule has 0 N–H and O–H groups in total. The van der Waals surface area contributed by atoms with Crippen molar-refractivity contribution in [3.63, 3.8) is 0 Å². The first-order valence-corrected chi connectivity index (χ1v) is 8.36. The zero-order valence-corrected chi connectivity index (χ0v) is 14.7. The number of carboxylic acid groups (broad SMARTS) is 1. The van der Waals surface area contributed by atoms with E-state index < -0.39 is 11.6 Å². The number of carbonyl (C=O) groups is 1. The van der Waals surface area contributed by atoms with Crippen molar-refractivity contribution >= 4 is 17.6 Å². The minimum atomic E-state index is -1.33. The van der Waals surface area contributed by atoms with Crippen LogP contribution in [0.2, 0.25) is 5.02 Å². The fourth-order valence-electron chi connectivity index (χ4n) is 2.63. The van der Waals surface area contributed by atoms with Crippen LogP contribution < -0.4 is 9.84 Å². The summed E-state index contributed by atoms with van der Waals surface area (Å²) in [4.78, 5) is 11.7. The van der Waals surface area contributed by atoms with Crippen molar-refractivity contribution in [2.24, 2.45) is 5.92 Å². The molecule has 2 unspecified atom stereocenters. The molecule has 0 aliphatic heterocycles. The second-order valence-electron chi connectivity index (χ2n) is 6.15. The van der Waals surface area contributed by atoms with Gasteiger partial charge in [-0.2, -0.15) is 0 Å². The summed E-state index contributed by atoms with van der Waals surface area (Å²) in [5, 5.41) is 12.3. The number of unbranched alkanes of at least 4 members (excludes halogenated alkanes) is 1. The van der Waals surface area contributed by atoms with Crippen LogP contribution in [0.15, 0.2) is 18.2 Å². The Morgan fingerprint density at radius 3 is 2.59 bits per heavy atom. The summed E-state index contributed by atoms with van der Waals surface area (Å²) >= 11 is 5.93. The van der Waals surface area contributed by atoms with Gasteiger partial charge < -0.3 is 14.6 Å². The Labute approximate surface area is 138 Å². The summed E-state index contributed by atoms with van der Waals surface area (Å²) in [6, 6.07) is 5.18. The maximum Gasteiger partial charge on any atom is 0.146 e. The molecule has 1 aromatic carbocycles. The normalized spacial score (nSPS) is 15.1. The van der Waals surface area contributed by atoms with Crippen LogP contribution >= 0.6 is 11.6 Å². The number of rotatable bonds is 9. The topological polar surface area (TPSA) is 49.4 Å². The van der Waals surface area contributed by atoms with Crippen LogP contribution in [0.1, 0.15) is 58.4 Å². The largest absolute Gasteiger partial charge is 0.546 e. The Kier molecular flexibility index (Phi) is 7.21. The number of carbonyl (C=O) groups excluding carboxylic acids is 1. The lowest BCUT2D eigenvalue weighted by Gasteiger charge is -2.35.